The van der Waals surface area contributed by atoms with Gasteiger partial charge < -0.3 is 8.92 Å². The highest BCUT2D eigenvalue weighted by Crippen LogP contribution is 2.25. The van der Waals surface area contributed by atoms with Gasteiger partial charge in [-0.2, -0.15) is 0 Å². The van der Waals surface area contributed by atoms with E-state index in [0.29, 0.717) is 0 Å². The van der Waals surface area contributed by atoms with Gasteiger partial charge in [-0.1, -0.05) is 10.4 Å². The number of rotatable bonds is 6. The molecule has 27 heavy (non-hydrogen) atoms. The normalized spacial score (nSPS) is 12.5. The van der Waals surface area contributed by atoms with E-state index in [-0.39, 0.29) is 28.6 Å². The highest BCUT2D eigenvalue weighted by molar-refractivity contribution is 7.89. The smallest absolute Gasteiger partial charge is 0.444 e. The van der Waals surface area contributed by atoms with Crippen LogP contribution in [0.15, 0.2) is 57.8 Å². The molecule has 0 radical (unpaired) electrons. The van der Waals surface area contributed by atoms with Crippen LogP contribution in [0.4, 0.5) is 16.2 Å². The number of non-ortho nitro benzene ring substituents is 2. The minimum Gasteiger partial charge on any atom is -0.448 e. The summed E-state index contributed by atoms with van der Waals surface area (Å²) in [7, 11) is -3.96. The Morgan fingerprint density at radius 3 is 2.26 bits per heavy atom. The summed E-state index contributed by atoms with van der Waals surface area (Å²) in [6.45, 7) is 1.48. The SMILES string of the molecule is CCOC(=O)N=[S@@](=O)(Oc1ccc([N+](=O)[O-])cc1)c1cccc([N+](=O)[O-])c1. The molecule has 0 aliphatic carbocycles. The van der Waals surface area contributed by atoms with Crippen molar-refractivity contribution in [2.45, 2.75) is 11.8 Å². The topological polar surface area (TPSA) is 151 Å². The summed E-state index contributed by atoms with van der Waals surface area (Å²) in [6.07, 6.45) is -1.18. The number of benzene rings is 2. The lowest BCUT2D eigenvalue weighted by molar-refractivity contribution is -0.385. The number of hydrogen-bond acceptors (Lipinski definition) is 8. The van der Waals surface area contributed by atoms with Crippen molar-refractivity contribution in [1.29, 1.82) is 0 Å². The van der Waals surface area contributed by atoms with E-state index in [0.717, 1.165) is 30.3 Å². The van der Waals surface area contributed by atoms with Crippen LogP contribution in [0, 0.1) is 20.2 Å². The molecule has 0 spiro atoms. The van der Waals surface area contributed by atoms with E-state index in [1.54, 1.807) is 0 Å². The first-order valence-corrected chi connectivity index (χ1v) is 8.81. The molecule has 1 atom stereocenters. The van der Waals surface area contributed by atoms with Crippen LogP contribution in [0.25, 0.3) is 0 Å². The average molecular weight is 395 g/mol. The first-order chi connectivity index (χ1) is 12.7. The van der Waals surface area contributed by atoms with Gasteiger partial charge in [0.05, 0.1) is 21.3 Å². The lowest BCUT2D eigenvalue weighted by Crippen LogP contribution is -2.13. The molecule has 0 unspecified atom stereocenters. The third-order valence-electron chi connectivity index (χ3n) is 3.05. The largest absolute Gasteiger partial charge is 0.448 e. The van der Waals surface area contributed by atoms with Crippen molar-refractivity contribution >= 4 is 27.5 Å². The summed E-state index contributed by atoms with van der Waals surface area (Å²) in [6, 6.07) is 9.15. The lowest BCUT2D eigenvalue weighted by atomic mass is 10.3. The maximum Gasteiger partial charge on any atom is 0.444 e. The third-order valence-corrected chi connectivity index (χ3v) is 4.70. The second kappa shape index (κ2) is 8.23. The van der Waals surface area contributed by atoms with Crippen LogP contribution < -0.4 is 4.18 Å². The van der Waals surface area contributed by atoms with Gasteiger partial charge in [0.15, 0.2) is 0 Å². The molecule has 0 bridgehead atoms. The van der Waals surface area contributed by atoms with Gasteiger partial charge in [-0.25, -0.2) is 9.00 Å². The molecule has 12 heteroatoms. The van der Waals surface area contributed by atoms with Gasteiger partial charge in [0.2, 0.25) is 10.0 Å². The minimum absolute atomic E-state index is 0.0374. The number of carbonyl (C=O) groups is 1. The van der Waals surface area contributed by atoms with E-state index < -0.39 is 25.9 Å². The van der Waals surface area contributed by atoms with Crippen LogP contribution in [0.1, 0.15) is 6.92 Å². The van der Waals surface area contributed by atoms with Crippen molar-refractivity contribution in [3.8, 4) is 5.75 Å². The molecular formula is C15H13N3O8S. The molecule has 0 aliphatic rings. The van der Waals surface area contributed by atoms with Gasteiger partial charge >= 0.3 is 6.09 Å². The van der Waals surface area contributed by atoms with Crippen molar-refractivity contribution in [3.63, 3.8) is 0 Å². The molecule has 1 amide bonds. The molecular weight excluding hydrogens is 382 g/mol. The van der Waals surface area contributed by atoms with Gasteiger partial charge in [0.25, 0.3) is 11.4 Å². The molecule has 0 aromatic heterocycles. The Kier molecular flexibility index (Phi) is 6.03. The minimum atomic E-state index is -3.96. The number of ether oxygens (including phenoxy) is 1. The highest BCUT2D eigenvalue weighted by Gasteiger charge is 2.21. The fourth-order valence-electron chi connectivity index (χ4n) is 1.88. The molecule has 0 aliphatic heterocycles. The molecule has 0 saturated carbocycles. The van der Waals surface area contributed by atoms with Crippen LogP contribution in [0.5, 0.6) is 5.75 Å². The second-order valence-corrected chi connectivity index (χ2v) is 6.62. The quantitative estimate of drug-likeness (QED) is 0.532. The van der Waals surface area contributed by atoms with Gasteiger partial charge in [0, 0.05) is 24.3 Å². The zero-order chi connectivity index (χ0) is 20.0. The highest BCUT2D eigenvalue weighted by atomic mass is 32.2. The fourth-order valence-corrected chi connectivity index (χ4v) is 3.26. The zero-order valence-electron chi connectivity index (χ0n) is 13.8. The van der Waals surface area contributed by atoms with Crippen LogP contribution in [-0.4, -0.2) is 26.8 Å². The van der Waals surface area contributed by atoms with Crippen molar-refractivity contribution < 1.29 is 27.8 Å². The Morgan fingerprint density at radius 2 is 1.70 bits per heavy atom. The zero-order valence-corrected chi connectivity index (χ0v) is 14.7. The number of hydrogen-bond donors (Lipinski definition) is 0. The number of nitro groups is 2. The average Bonchev–Trinajstić information content (AvgIpc) is 2.62. The predicted molar refractivity (Wildman–Crippen MR) is 92.7 cm³/mol. The first kappa shape index (κ1) is 19.8. The summed E-state index contributed by atoms with van der Waals surface area (Å²) in [5.41, 5.74) is -0.613. The molecule has 0 heterocycles. The third kappa shape index (κ3) is 4.98. The van der Waals surface area contributed by atoms with Gasteiger partial charge in [-0.3, -0.25) is 20.2 Å². The Labute approximate surface area is 153 Å². The molecule has 142 valence electrons. The molecule has 11 nitrogen and oxygen atoms in total. The van der Waals surface area contributed by atoms with Crippen molar-refractivity contribution in [2.75, 3.05) is 6.61 Å². The fraction of sp³-hybridized carbons (Fsp3) is 0.133. The Bertz CT molecular complexity index is 996. The van der Waals surface area contributed by atoms with E-state index in [1.165, 1.54) is 25.1 Å². The number of carbonyl (C=O) groups excluding carboxylic acids is 1. The molecule has 0 N–H and O–H groups in total. The monoisotopic (exact) mass is 395 g/mol. The van der Waals surface area contributed by atoms with E-state index in [4.69, 9.17) is 4.18 Å². The molecule has 2 rings (SSSR count). The molecule has 2 aromatic carbocycles. The van der Waals surface area contributed by atoms with Gasteiger partial charge in [-0.05, 0) is 25.1 Å². The van der Waals surface area contributed by atoms with Crippen molar-refractivity contribution in [1.82, 2.24) is 0 Å². The number of amides is 1. The summed E-state index contributed by atoms with van der Waals surface area (Å²) >= 11 is 0. The van der Waals surface area contributed by atoms with E-state index >= 15 is 0 Å². The van der Waals surface area contributed by atoms with Crippen LogP contribution in [0.2, 0.25) is 0 Å². The summed E-state index contributed by atoms with van der Waals surface area (Å²) in [5, 5.41) is 21.7. The maximum atomic E-state index is 13.2. The van der Waals surface area contributed by atoms with Gasteiger partial charge in [-0.15, -0.1) is 0 Å². The van der Waals surface area contributed by atoms with E-state index in [9.17, 15) is 29.2 Å². The maximum absolute atomic E-state index is 13.2. The van der Waals surface area contributed by atoms with Crippen molar-refractivity contribution in [2.24, 2.45) is 4.36 Å². The van der Waals surface area contributed by atoms with Crippen LogP contribution in [-0.2, 0) is 14.7 Å². The van der Waals surface area contributed by atoms with E-state index in [1.807, 2.05) is 0 Å². The molecule has 0 saturated heterocycles. The van der Waals surface area contributed by atoms with E-state index in [2.05, 4.69) is 9.10 Å². The Balaban J connectivity index is 2.52. The number of nitro benzene ring substituents is 2. The predicted octanol–water partition coefficient (Wildman–Crippen LogP) is 3.48. The second-order valence-electron chi connectivity index (χ2n) is 4.85. The van der Waals surface area contributed by atoms with Gasteiger partial charge in [0.1, 0.15) is 5.75 Å². The number of nitrogens with zero attached hydrogens (tertiary/aromatic N) is 3. The Hall–Kier alpha value is -3.54. The standard InChI is InChI=1S/C15H13N3O8S/c1-2-25-15(19)16-27(24,14-5-3-4-12(10-14)18(22)23)26-13-8-6-11(7-9-13)17(20)21/h3-10H,2H2,1H3/t27-/m0/s1. The van der Waals surface area contributed by atoms with Crippen LogP contribution >= 0.6 is 0 Å². The Morgan fingerprint density at radius 1 is 1.07 bits per heavy atom. The van der Waals surface area contributed by atoms with Crippen molar-refractivity contribution in [3.05, 3.63) is 68.8 Å². The van der Waals surface area contributed by atoms with Crippen LogP contribution in [0.3, 0.4) is 0 Å². The summed E-state index contributed by atoms with van der Waals surface area (Å²) in [4.78, 5) is 31.8. The first-order valence-electron chi connectivity index (χ1n) is 7.37. The molecule has 0 fully saturated rings. The lowest BCUT2D eigenvalue weighted by Gasteiger charge is -2.11. The molecule has 2 aromatic rings. The summed E-state index contributed by atoms with van der Waals surface area (Å²) < 4.78 is 26.5. The summed E-state index contributed by atoms with van der Waals surface area (Å²) in [5.74, 6) is -0.0924.